The Kier molecular flexibility index (Phi) is 5.26. The number of nitrogens with zero attached hydrogens (tertiary/aromatic N) is 3. The van der Waals surface area contributed by atoms with Crippen LogP contribution in [-0.2, 0) is 0 Å². The zero-order valence-electron chi connectivity index (χ0n) is 16.5. The number of methoxy groups -OCH3 is 1. The van der Waals surface area contributed by atoms with Gasteiger partial charge in [-0.3, -0.25) is 4.79 Å². The van der Waals surface area contributed by atoms with Gasteiger partial charge in [0.1, 0.15) is 5.82 Å². The Bertz CT molecular complexity index is 1180. The maximum absolute atomic E-state index is 13.1. The highest BCUT2D eigenvalue weighted by Crippen LogP contribution is 2.25. The van der Waals surface area contributed by atoms with E-state index in [2.05, 4.69) is 15.4 Å². The highest BCUT2D eigenvalue weighted by atomic mass is 19.1. The van der Waals surface area contributed by atoms with Crippen molar-refractivity contribution in [2.24, 2.45) is 0 Å². The van der Waals surface area contributed by atoms with Crippen LogP contribution in [0.4, 0.5) is 10.1 Å². The number of anilines is 1. The summed E-state index contributed by atoms with van der Waals surface area (Å²) in [5, 5.41) is 7.24. The molecule has 0 aliphatic rings. The molecule has 30 heavy (non-hydrogen) atoms. The van der Waals surface area contributed by atoms with Crippen LogP contribution >= 0.6 is 0 Å². The SMILES string of the molecule is COc1nc(-c2ccc(C)cc2)n(-c2cccc(NC(=O)c3ccc(F)cc3)c2)n1. The van der Waals surface area contributed by atoms with Crippen molar-refractivity contribution in [3.8, 4) is 23.1 Å². The molecule has 0 aliphatic carbocycles. The number of carbonyl (C=O) groups is 1. The molecule has 3 aromatic carbocycles. The van der Waals surface area contributed by atoms with Gasteiger partial charge in [0.05, 0.1) is 12.8 Å². The van der Waals surface area contributed by atoms with Crippen molar-refractivity contribution in [3.63, 3.8) is 0 Å². The van der Waals surface area contributed by atoms with Crippen LogP contribution in [0.2, 0.25) is 0 Å². The van der Waals surface area contributed by atoms with Crippen molar-refractivity contribution in [3.05, 3.63) is 89.7 Å². The molecule has 7 heteroatoms. The molecule has 1 heterocycles. The summed E-state index contributed by atoms with van der Waals surface area (Å²) in [7, 11) is 1.51. The van der Waals surface area contributed by atoms with Gasteiger partial charge in [-0.05, 0) is 49.4 Å². The first-order chi connectivity index (χ1) is 14.5. The first-order valence-corrected chi connectivity index (χ1v) is 9.29. The van der Waals surface area contributed by atoms with Crippen molar-refractivity contribution in [1.82, 2.24) is 14.8 Å². The fraction of sp³-hybridized carbons (Fsp3) is 0.0870. The van der Waals surface area contributed by atoms with Gasteiger partial charge >= 0.3 is 6.01 Å². The molecular formula is C23H19FN4O2. The Morgan fingerprint density at radius 3 is 2.47 bits per heavy atom. The number of benzene rings is 3. The lowest BCUT2D eigenvalue weighted by Gasteiger charge is -2.09. The van der Waals surface area contributed by atoms with E-state index in [4.69, 9.17) is 4.74 Å². The van der Waals surface area contributed by atoms with Gasteiger partial charge in [0.15, 0.2) is 5.82 Å². The van der Waals surface area contributed by atoms with Crippen molar-refractivity contribution in [2.75, 3.05) is 12.4 Å². The van der Waals surface area contributed by atoms with E-state index in [1.165, 1.54) is 31.4 Å². The second kappa shape index (κ2) is 8.16. The number of aromatic nitrogens is 3. The highest BCUT2D eigenvalue weighted by molar-refractivity contribution is 6.04. The maximum atomic E-state index is 13.1. The fourth-order valence-electron chi connectivity index (χ4n) is 2.97. The summed E-state index contributed by atoms with van der Waals surface area (Å²) in [6.45, 7) is 2.02. The average molecular weight is 402 g/mol. The number of ether oxygens (including phenoxy) is 1. The number of halogens is 1. The van der Waals surface area contributed by atoms with Gasteiger partial charge in [0, 0.05) is 16.8 Å². The molecule has 150 valence electrons. The van der Waals surface area contributed by atoms with Gasteiger partial charge in [0.2, 0.25) is 0 Å². The predicted octanol–water partition coefficient (Wildman–Crippen LogP) is 4.64. The zero-order chi connectivity index (χ0) is 21.1. The van der Waals surface area contributed by atoms with E-state index in [9.17, 15) is 9.18 Å². The summed E-state index contributed by atoms with van der Waals surface area (Å²) in [4.78, 5) is 16.9. The molecule has 0 atom stereocenters. The molecule has 4 aromatic rings. The molecule has 0 radical (unpaired) electrons. The maximum Gasteiger partial charge on any atom is 0.336 e. The fourth-order valence-corrected chi connectivity index (χ4v) is 2.97. The lowest BCUT2D eigenvalue weighted by atomic mass is 10.1. The lowest BCUT2D eigenvalue weighted by Crippen LogP contribution is -2.12. The van der Waals surface area contributed by atoms with Gasteiger partial charge in [-0.2, -0.15) is 4.98 Å². The second-order valence-electron chi connectivity index (χ2n) is 6.71. The third kappa shape index (κ3) is 4.05. The topological polar surface area (TPSA) is 69.0 Å². The molecule has 0 saturated heterocycles. The Balaban J connectivity index is 1.67. The quantitative estimate of drug-likeness (QED) is 0.528. The van der Waals surface area contributed by atoms with Gasteiger partial charge in [0.25, 0.3) is 5.91 Å². The van der Waals surface area contributed by atoms with Crippen molar-refractivity contribution < 1.29 is 13.9 Å². The van der Waals surface area contributed by atoms with Crippen LogP contribution < -0.4 is 10.1 Å². The van der Waals surface area contributed by atoms with Crippen LogP contribution in [-0.4, -0.2) is 27.8 Å². The minimum absolute atomic E-state index is 0.242. The Morgan fingerprint density at radius 2 is 1.77 bits per heavy atom. The number of carbonyl (C=O) groups excluding carboxylic acids is 1. The van der Waals surface area contributed by atoms with Crippen LogP contribution in [0.15, 0.2) is 72.8 Å². The van der Waals surface area contributed by atoms with Crippen LogP contribution in [0.25, 0.3) is 17.1 Å². The van der Waals surface area contributed by atoms with E-state index in [1.54, 1.807) is 16.8 Å². The van der Waals surface area contributed by atoms with E-state index in [0.29, 0.717) is 22.8 Å². The average Bonchev–Trinajstić information content (AvgIpc) is 3.19. The molecule has 1 N–H and O–H groups in total. The van der Waals surface area contributed by atoms with Crippen LogP contribution in [0, 0.1) is 12.7 Å². The van der Waals surface area contributed by atoms with Gasteiger partial charge in [-0.25, -0.2) is 9.07 Å². The van der Waals surface area contributed by atoms with Crippen LogP contribution in [0.5, 0.6) is 6.01 Å². The van der Waals surface area contributed by atoms with Gasteiger partial charge in [-0.1, -0.05) is 35.9 Å². The smallest absolute Gasteiger partial charge is 0.336 e. The normalized spacial score (nSPS) is 10.6. The molecule has 0 unspecified atom stereocenters. The molecule has 6 nitrogen and oxygen atoms in total. The van der Waals surface area contributed by atoms with E-state index in [-0.39, 0.29) is 11.9 Å². The van der Waals surface area contributed by atoms with Gasteiger partial charge < -0.3 is 10.1 Å². The summed E-state index contributed by atoms with van der Waals surface area (Å²) in [5.74, 6) is -0.103. The number of amides is 1. The summed E-state index contributed by atoms with van der Waals surface area (Å²) >= 11 is 0. The minimum atomic E-state index is -0.391. The zero-order valence-corrected chi connectivity index (χ0v) is 16.5. The number of hydrogen-bond acceptors (Lipinski definition) is 4. The monoisotopic (exact) mass is 402 g/mol. The largest absolute Gasteiger partial charge is 0.466 e. The predicted molar refractivity (Wildman–Crippen MR) is 112 cm³/mol. The Labute approximate surface area is 173 Å². The molecule has 0 saturated carbocycles. The molecule has 1 aromatic heterocycles. The Hall–Kier alpha value is -4.00. The van der Waals surface area contributed by atoms with Gasteiger partial charge in [-0.15, -0.1) is 5.10 Å². The van der Waals surface area contributed by atoms with Crippen LogP contribution in [0.3, 0.4) is 0 Å². The Morgan fingerprint density at radius 1 is 1.03 bits per heavy atom. The van der Waals surface area contributed by atoms with Crippen molar-refractivity contribution in [2.45, 2.75) is 6.92 Å². The second-order valence-corrected chi connectivity index (χ2v) is 6.71. The molecule has 4 rings (SSSR count). The number of nitrogens with one attached hydrogen (secondary N) is 1. The summed E-state index contributed by atoms with van der Waals surface area (Å²) < 4.78 is 20.0. The number of hydrogen-bond donors (Lipinski definition) is 1. The molecule has 0 fully saturated rings. The van der Waals surface area contributed by atoms with Crippen molar-refractivity contribution in [1.29, 1.82) is 0 Å². The summed E-state index contributed by atoms with van der Waals surface area (Å²) in [6, 6.07) is 20.8. The summed E-state index contributed by atoms with van der Waals surface area (Å²) in [5.41, 5.74) is 3.67. The molecule has 0 spiro atoms. The lowest BCUT2D eigenvalue weighted by molar-refractivity contribution is 0.102. The van der Waals surface area contributed by atoms with E-state index in [1.807, 2.05) is 43.3 Å². The van der Waals surface area contributed by atoms with Crippen molar-refractivity contribution >= 4 is 11.6 Å². The third-order valence-electron chi connectivity index (χ3n) is 4.54. The summed E-state index contributed by atoms with van der Waals surface area (Å²) in [6.07, 6.45) is 0. The standard InChI is InChI=1S/C23H19FN4O2/c1-15-6-8-16(9-7-15)21-26-23(30-2)27-28(21)20-5-3-4-19(14-20)25-22(29)17-10-12-18(24)13-11-17/h3-14H,1-2H3,(H,25,29). The van der Waals surface area contributed by atoms with E-state index in [0.717, 1.165) is 11.1 Å². The minimum Gasteiger partial charge on any atom is -0.466 e. The number of aryl methyl sites for hydroxylation is 1. The molecular weight excluding hydrogens is 383 g/mol. The van der Waals surface area contributed by atoms with E-state index >= 15 is 0 Å². The molecule has 0 aliphatic heterocycles. The van der Waals surface area contributed by atoms with E-state index < -0.39 is 5.82 Å². The first kappa shape index (κ1) is 19.3. The molecule has 1 amide bonds. The highest BCUT2D eigenvalue weighted by Gasteiger charge is 2.15. The number of rotatable bonds is 5. The first-order valence-electron chi connectivity index (χ1n) is 9.29. The molecule has 0 bridgehead atoms. The van der Waals surface area contributed by atoms with Crippen LogP contribution in [0.1, 0.15) is 15.9 Å². The third-order valence-corrected chi connectivity index (χ3v) is 4.54.